The van der Waals surface area contributed by atoms with Crippen molar-refractivity contribution in [2.24, 2.45) is 0 Å². The summed E-state index contributed by atoms with van der Waals surface area (Å²) in [6.07, 6.45) is 0. The van der Waals surface area contributed by atoms with Crippen LogP contribution in [0.5, 0.6) is 23.0 Å². The van der Waals surface area contributed by atoms with Crippen LogP contribution in [0.15, 0.2) is 218 Å². The average Bonchev–Trinajstić information content (AvgIpc) is 1.56. The van der Waals surface area contributed by atoms with E-state index < -0.39 is 0 Å². The van der Waals surface area contributed by atoms with Gasteiger partial charge in [0.2, 0.25) is 0 Å². The Balaban J connectivity index is 0.00000686. The molecule has 8 bridgehead atoms. The van der Waals surface area contributed by atoms with Crippen molar-refractivity contribution in [2.75, 3.05) is 28.4 Å². The minimum absolute atomic E-state index is 0. The molecule has 1 aliphatic carbocycles. The number of aryl methyl sites for hydroxylation is 4. The Labute approximate surface area is 551 Å². The summed E-state index contributed by atoms with van der Waals surface area (Å²) in [5.41, 5.74) is 21.3. The van der Waals surface area contributed by atoms with E-state index in [0.29, 0.717) is 11.5 Å². The minimum Gasteiger partial charge on any atom is -0.656 e. The Kier molecular flexibility index (Phi) is 13.7. The molecular formula is C84H60N4O4Pd. The summed E-state index contributed by atoms with van der Waals surface area (Å²) >= 11 is 0. The number of fused-ring (bicyclic) bond motifs is 4. The molecule has 0 saturated carbocycles. The molecule has 0 spiro atoms. The smallest absolute Gasteiger partial charge is 0.656 e. The van der Waals surface area contributed by atoms with E-state index >= 15 is 0 Å². The number of ether oxygens (including phenoxy) is 4. The zero-order valence-corrected chi connectivity index (χ0v) is 54.1. The fourth-order valence-electron chi connectivity index (χ4n) is 14.6. The Morgan fingerprint density at radius 2 is 0.484 bits per heavy atom. The van der Waals surface area contributed by atoms with Gasteiger partial charge in [-0.3, -0.25) is 0 Å². The number of hydrogen-bond donors (Lipinski definition) is 0. The molecule has 12 aromatic carbocycles. The molecule has 2 aromatic heterocycles. The number of methoxy groups -OCH3 is 4. The predicted octanol–water partition coefficient (Wildman–Crippen LogP) is 21.1. The van der Waals surface area contributed by atoms with E-state index in [1.807, 2.05) is 6.07 Å². The van der Waals surface area contributed by atoms with Gasteiger partial charge in [0.1, 0.15) is 23.0 Å². The monoisotopic (exact) mass is 1290 g/mol. The summed E-state index contributed by atoms with van der Waals surface area (Å²) in [7, 11) is 6.87. The van der Waals surface area contributed by atoms with Gasteiger partial charge in [-0.1, -0.05) is 139 Å². The van der Waals surface area contributed by atoms with Crippen molar-refractivity contribution in [3.63, 3.8) is 0 Å². The van der Waals surface area contributed by atoms with Crippen LogP contribution in [0.25, 0.3) is 176 Å². The molecule has 0 saturated heterocycles. The van der Waals surface area contributed by atoms with E-state index in [0.717, 1.165) is 210 Å². The topological polar surface area (TPSA) is 90.9 Å². The first-order chi connectivity index (χ1) is 45.0. The van der Waals surface area contributed by atoms with Gasteiger partial charge in [0, 0.05) is 28.3 Å². The van der Waals surface area contributed by atoms with Crippen LogP contribution < -0.4 is 28.9 Å². The Hall–Kier alpha value is -10.8. The molecular weight excluding hydrogens is 1240 g/mol. The number of aromatic nitrogens is 4. The summed E-state index contributed by atoms with van der Waals surface area (Å²) in [5.74, 6) is 2.68. The molecule has 0 radical (unpaired) electrons. The Morgan fingerprint density at radius 1 is 0.258 bits per heavy atom. The summed E-state index contributed by atoms with van der Waals surface area (Å²) in [4.78, 5) is 25.0. The molecule has 0 amide bonds. The van der Waals surface area contributed by atoms with E-state index in [1.165, 1.54) is 0 Å². The van der Waals surface area contributed by atoms with Crippen LogP contribution in [0.2, 0.25) is 0 Å². The van der Waals surface area contributed by atoms with Gasteiger partial charge in [0.25, 0.3) is 0 Å². The number of rotatable bonds is 8. The summed E-state index contributed by atoms with van der Waals surface area (Å²) in [6, 6.07) is 78.9. The van der Waals surface area contributed by atoms with Crippen molar-refractivity contribution in [1.29, 1.82) is 0 Å². The van der Waals surface area contributed by atoms with Gasteiger partial charge in [-0.25, -0.2) is 9.97 Å². The van der Waals surface area contributed by atoms with E-state index in [-0.39, 0.29) is 20.4 Å². The fraction of sp³-hybridized carbons (Fsp3) is 0.0952. The molecule has 14 aromatic rings. The van der Waals surface area contributed by atoms with Gasteiger partial charge in [-0.15, -0.1) is 22.1 Å². The normalized spacial score (nSPS) is 11.8. The largest absolute Gasteiger partial charge is 2.00 e. The first-order valence-electron chi connectivity index (χ1n) is 31.1. The quantitative estimate of drug-likeness (QED) is 0.139. The molecule has 450 valence electrons. The molecule has 0 N–H and O–H groups in total. The molecule has 0 atom stereocenters. The average molecular weight is 1300 g/mol. The van der Waals surface area contributed by atoms with Gasteiger partial charge in [-0.2, -0.15) is 0 Å². The van der Waals surface area contributed by atoms with Crippen molar-refractivity contribution in [2.45, 2.75) is 27.7 Å². The molecule has 8 nitrogen and oxygen atoms in total. The van der Waals surface area contributed by atoms with Gasteiger partial charge < -0.3 is 28.9 Å². The van der Waals surface area contributed by atoms with Gasteiger partial charge >= 0.3 is 20.4 Å². The van der Waals surface area contributed by atoms with Gasteiger partial charge in [0.05, 0.1) is 51.2 Å². The maximum absolute atomic E-state index is 6.26. The van der Waals surface area contributed by atoms with E-state index in [4.69, 9.17) is 38.9 Å². The maximum atomic E-state index is 6.26. The summed E-state index contributed by atoms with van der Waals surface area (Å²) < 4.78 is 24.9. The summed E-state index contributed by atoms with van der Waals surface area (Å²) in [5, 5.41) is 12.5. The third-order valence-corrected chi connectivity index (χ3v) is 18.7. The molecule has 4 heterocycles. The molecule has 17 rings (SSSR count). The molecule has 3 aliphatic rings. The molecule has 93 heavy (non-hydrogen) atoms. The SMILES string of the molecule is COc1cc(C)cc(-c2c3nc(c(-c4cc(OC)cc(OC)c4)c4[n-]c(c(-c5cc(C)cc(OC)c5)c5nc(c(-c6cc(C)cc(C)c6)c6[n-]c2c2cc7ccccc7cc62)-c2cc6ccccc6cc2-5)c2cc5ccccc5cc42)-c2cc4ccccc4cc2-3)c1.[Pd+2]. The van der Waals surface area contributed by atoms with Crippen LogP contribution in [0.1, 0.15) is 22.3 Å². The van der Waals surface area contributed by atoms with Crippen molar-refractivity contribution in [1.82, 2.24) is 19.9 Å². The summed E-state index contributed by atoms with van der Waals surface area (Å²) in [6.45, 7) is 8.61. The van der Waals surface area contributed by atoms with Gasteiger partial charge in [0.15, 0.2) is 0 Å². The maximum Gasteiger partial charge on any atom is 2.00 e. The van der Waals surface area contributed by atoms with Crippen molar-refractivity contribution < 1.29 is 39.4 Å². The van der Waals surface area contributed by atoms with E-state index in [1.54, 1.807) is 28.4 Å². The standard InChI is InChI=1S/C84H60N4O4.Pd/c1-45-25-46(2)27-57(26-45)73-77-65-36-49-17-9-11-19-51(49)38-67(65)79(85-77)74(58-28-47(3)30-61(32-58)89-5)81-69-40-53-21-13-15-23-55(53)42-71(69)83(87-81)76(60-34-63(91-7)44-64(35-60)92-8)84-72-43-56-24-16-14-22-54(56)41-70(72)82(88-84)75(59-29-48(4)31-62(33-59)90-6)80-68-39-52-20-12-10-18-50(52)37-66(68)78(73)86-80;/h9-44H,1-8H3;/q-2;+2. The van der Waals surface area contributed by atoms with Crippen molar-refractivity contribution in [3.05, 3.63) is 241 Å². The van der Waals surface area contributed by atoms with Crippen LogP contribution in [-0.4, -0.2) is 38.4 Å². The zero-order chi connectivity index (χ0) is 62.2. The number of hydrogen-bond acceptors (Lipinski definition) is 6. The third-order valence-electron chi connectivity index (χ3n) is 18.7. The molecule has 2 aliphatic heterocycles. The van der Waals surface area contributed by atoms with Crippen LogP contribution in [0.3, 0.4) is 0 Å². The number of benzene rings is 12. The molecule has 9 heteroatoms. The predicted molar refractivity (Wildman–Crippen MR) is 380 cm³/mol. The van der Waals surface area contributed by atoms with Crippen molar-refractivity contribution in [3.8, 4) is 113 Å². The second kappa shape index (κ2) is 22.2. The fourth-order valence-corrected chi connectivity index (χ4v) is 14.6. The van der Waals surface area contributed by atoms with Crippen LogP contribution in [0, 0.1) is 27.7 Å². The van der Waals surface area contributed by atoms with Crippen LogP contribution in [0.4, 0.5) is 0 Å². The van der Waals surface area contributed by atoms with E-state index in [2.05, 4.69) is 240 Å². The number of nitrogens with zero attached hydrogens (tertiary/aromatic N) is 4. The van der Waals surface area contributed by atoms with Crippen molar-refractivity contribution >= 4 is 86.7 Å². The van der Waals surface area contributed by atoms with Crippen LogP contribution in [-0.2, 0) is 20.4 Å². The first kappa shape index (κ1) is 57.3. The zero-order valence-electron chi connectivity index (χ0n) is 52.5. The Bertz CT molecular complexity index is 5800. The second-order valence-electron chi connectivity index (χ2n) is 24.7. The first-order valence-corrected chi connectivity index (χ1v) is 31.1. The Morgan fingerprint density at radius 3 is 0.753 bits per heavy atom. The minimum atomic E-state index is 0. The van der Waals surface area contributed by atoms with Crippen LogP contribution >= 0.6 is 0 Å². The van der Waals surface area contributed by atoms with Gasteiger partial charge in [-0.05, 0) is 233 Å². The molecule has 0 fully saturated rings. The molecule has 0 unspecified atom stereocenters. The third kappa shape index (κ3) is 9.36. The van der Waals surface area contributed by atoms with E-state index in [9.17, 15) is 0 Å². The second-order valence-corrected chi connectivity index (χ2v) is 24.7.